The Labute approximate surface area is 161 Å². The summed E-state index contributed by atoms with van der Waals surface area (Å²) in [5.74, 6) is 0.963. The molecule has 6 heteroatoms. The molecule has 2 aromatic carbocycles. The van der Waals surface area contributed by atoms with E-state index in [1.54, 1.807) is 32.4 Å². The first-order valence-corrected chi connectivity index (χ1v) is 8.81. The van der Waals surface area contributed by atoms with Gasteiger partial charge in [-0.1, -0.05) is 12.1 Å². The molecule has 2 aromatic rings. The number of benzene rings is 2. The van der Waals surface area contributed by atoms with Crippen LogP contribution in [0.2, 0.25) is 0 Å². The number of ether oxygens (including phenoxy) is 2. The van der Waals surface area contributed by atoms with Crippen molar-refractivity contribution in [3.8, 4) is 11.5 Å². The Hall–Kier alpha value is -2.73. The van der Waals surface area contributed by atoms with Crippen LogP contribution in [0.4, 0.5) is 5.69 Å². The smallest absolute Gasteiger partial charge is 0.255 e. The summed E-state index contributed by atoms with van der Waals surface area (Å²) in [6.07, 6.45) is 0. The highest BCUT2D eigenvalue weighted by Crippen LogP contribution is 2.25. The Morgan fingerprint density at radius 2 is 1.67 bits per heavy atom. The van der Waals surface area contributed by atoms with Gasteiger partial charge in [0.1, 0.15) is 11.5 Å². The topological polar surface area (TPSA) is 54.0 Å². The lowest BCUT2D eigenvalue weighted by Crippen LogP contribution is -2.34. The lowest BCUT2D eigenvalue weighted by atomic mass is 10.0. The van der Waals surface area contributed by atoms with Gasteiger partial charge in [0.25, 0.3) is 5.91 Å². The van der Waals surface area contributed by atoms with Gasteiger partial charge in [-0.2, -0.15) is 0 Å². The molecular weight excluding hydrogens is 342 g/mol. The lowest BCUT2D eigenvalue weighted by Gasteiger charge is -2.26. The Morgan fingerprint density at radius 1 is 1.00 bits per heavy atom. The molecule has 0 saturated carbocycles. The van der Waals surface area contributed by atoms with Crippen molar-refractivity contribution in [1.29, 1.82) is 0 Å². The number of nitrogens with zero attached hydrogens (tertiary/aromatic N) is 2. The van der Waals surface area contributed by atoms with Crippen LogP contribution in [0.1, 0.15) is 22.0 Å². The number of methoxy groups -OCH3 is 2. The third-order valence-electron chi connectivity index (χ3n) is 4.53. The number of hydrogen-bond donors (Lipinski definition) is 1. The van der Waals surface area contributed by atoms with Crippen molar-refractivity contribution >= 4 is 11.6 Å². The highest BCUT2D eigenvalue weighted by Gasteiger charge is 2.18. The standard InChI is InChI=1S/C21H29N3O3/c1-23(2)16-9-7-15(8-10-16)19(24(3)4)14-22-21(25)18-12-11-17(26-5)13-20(18)27-6/h7-13,19H,14H2,1-6H3,(H,22,25)/t19-/m0/s1. The van der Waals surface area contributed by atoms with E-state index in [4.69, 9.17) is 9.47 Å². The molecule has 0 unspecified atom stereocenters. The van der Waals surface area contributed by atoms with E-state index in [1.807, 2.05) is 28.2 Å². The van der Waals surface area contributed by atoms with E-state index in [-0.39, 0.29) is 11.9 Å². The van der Waals surface area contributed by atoms with Gasteiger partial charge in [-0.25, -0.2) is 0 Å². The van der Waals surface area contributed by atoms with Gasteiger partial charge in [0.15, 0.2) is 0 Å². The van der Waals surface area contributed by atoms with Gasteiger partial charge in [-0.3, -0.25) is 4.79 Å². The van der Waals surface area contributed by atoms with E-state index in [0.717, 1.165) is 11.3 Å². The Bertz CT molecular complexity index is 758. The minimum absolute atomic E-state index is 0.0643. The van der Waals surface area contributed by atoms with E-state index < -0.39 is 0 Å². The Kier molecular flexibility index (Phi) is 7.07. The SMILES string of the molecule is COc1ccc(C(=O)NC[C@@H](c2ccc(N(C)C)cc2)N(C)C)c(OC)c1. The number of amides is 1. The lowest BCUT2D eigenvalue weighted by molar-refractivity contribution is 0.0939. The third-order valence-corrected chi connectivity index (χ3v) is 4.53. The number of likely N-dealkylation sites (N-methyl/N-ethyl adjacent to an activating group) is 1. The molecule has 0 bridgehead atoms. The van der Waals surface area contributed by atoms with Crippen molar-refractivity contribution in [3.05, 3.63) is 53.6 Å². The first-order valence-electron chi connectivity index (χ1n) is 8.81. The van der Waals surface area contributed by atoms with Crippen LogP contribution in [-0.4, -0.2) is 59.8 Å². The van der Waals surface area contributed by atoms with Crippen LogP contribution in [0, 0.1) is 0 Å². The van der Waals surface area contributed by atoms with Gasteiger partial charge in [-0.15, -0.1) is 0 Å². The predicted molar refractivity (Wildman–Crippen MR) is 109 cm³/mol. The summed E-state index contributed by atoms with van der Waals surface area (Å²) in [5.41, 5.74) is 2.77. The first-order chi connectivity index (χ1) is 12.9. The molecule has 0 aliphatic heterocycles. The zero-order valence-corrected chi connectivity index (χ0v) is 16.9. The maximum Gasteiger partial charge on any atom is 0.255 e. The average molecular weight is 371 g/mol. The molecule has 1 N–H and O–H groups in total. The van der Waals surface area contributed by atoms with Gasteiger partial charge in [-0.05, 0) is 43.9 Å². The first kappa shape index (κ1) is 20.6. The van der Waals surface area contributed by atoms with Crippen molar-refractivity contribution in [2.45, 2.75) is 6.04 Å². The van der Waals surface area contributed by atoms with Crippen LogP contribution in [-0.2, 0) is 0 Å². The van der Waals surface area contributed by atoms with Crippen LogP contribution in [0.3, 0.4) is 0 Å². The largest absolute Gasteiger partial charge is 0.497 e. The van der Waals surface area contributed by atoms with E-state index >= 15 is 0 Å². The van der Waals surface area contributed by atoms with Gasteiger partial charge in [0.05, 0.1) is 25.8 Å². The van der Waals surface area contributed by atoms with E-state index in [0.29, 0.717) is 23.6 Å². The molecule has 6 nitrogen and oxygen atoms in total. The minimum atomic E-state index is -0.175. The van der Waals surface area contributed by atoms with Crippen molar-refractivity contribution in [1.82, 2.24) is 10.2 Å². The zero-order chi connectivity index (χ0) is 20.0. The second-order valence-corrected chi connectivity index (χ2v) is 6.74. The van der Waals surface area contributed by atoms with E-state index in [2.05, 4.69) is 39.4 Å². The number of rotatable bonds is 8. The van der Waals surface area contributed by atoms with Gasteiger partial charge in [0.2, 0.25) is 0 Å². The van der Waals surface area contributed by atoms with Gasteiger partial charge in [0, 0.05) is 32.4 Å². The number of carbonyl (C=O) groups excluding carboxylic acids is 1. The summed E-state index contributed by atoms with van der Waals surface area (Å²) in [6, 6.07) is 13.6. The van der Waals surface area contributed by atoms with Gasteiger partial charge < -0.3 is 24.6 Å². The fourth-order valence-electron chi connectivity index (χ4n) is 2.86. The second-order valence-electron chi connectivity index (χ2n) is 6.74. The predicted octanol–water partition coefficient (Wildman–Crippen LogP) is 2.80. The minimum Gasteiger partial charge on any atom is -0.497 e. The molecule has 0 aliphatic carbocycles. The van der Waals surface area contributed by atoms with Crippen molar-refractivity contribution in [3.63, 3.8) is 0 Å². The molecule has 0 aliphatic rings. The summed E-state index contributed by atoms with van der Waals surface area (Å²) < 4.78 is 10.5. The molecule has 1 atom stereocenters. The fraction of sp³-hybridized carbons (Fsp3) is 0.381. The van der Waals surface area contributed by atoms with Crippen molar-refractivity contribution in [2.75, 3.05) is 53.9 Å². The number of hydrogen-bond acceptors (Lipinski definition) is 5. The summed E-state index contributed by atoms with van der Waals surface area (Å²) in [5, 5.41) is 3.02. The van der Waals surface area contributed by atoms with Crippen molar-refractivity contribution in [2.24, 2.45) is 0 Å². The molecule has 0 radical (unpaired) electrons. The summed E-state index contributed by atoms with van der Waals surface area (Å²) in [6.45, 7) is 0.488. The van der Waals surface area contributed by atoms with E-state index in [9.17, 15) is 4.79 Å². The fourth-order valence-corrected chi connectivity index (χ4v) is 2.86. The van der Waals surface area contributed by atoms with Gasteiger partial charge >= 0.3 is 0 Å². The average Bonchev–Trinajstić information content (AvgIpc) is 2.67. The normalized spacial score (nSPS) is 11.8. The molecule has 0 heterocycles. The maximum atomic E-state index is 12.7. The van der Waals surface area contributed by atoms with Crippen LogP contribution in [0.15, 0.2) is 42.5 Å². The van der Waals surface area contributed by atoms with Crippen molar-refractivity contribution < 1.29 is 14.3 Å². The highest BCUT2D eigenvalue weighted by molar-refractivity contribution is 5.97. The molecular formula is C21H29N3O3. The molecule has 0 fully saturated rings. The van der Waals surface area contributed by atoms with Crippen LogP contribution in [0.5, 0.6) is 11.5 Å². The maximum absolute atomic E-state index is 12.7. The quantitative estimate of drug-likeness (QED) is 0.773. The molecule has 146 valence electrons. The second kappa shape index (κ2) is 9.28. The highest BCUT2D eigenvalue weighted by atomic mass is 16.5. The molecule has 1 amide bonds. The van der Waals surface area contributed by atoms with E-state index in [1.165, 1.54) is 0 Å². The number of anilines is 1. The molecule has 0 spiro atoms. The molecule has 2 rings (SSSR count). The molecule has 27 heavy (non-hydrogen) atoms. The Balaban J connectivity index is 2.13. The van der Waals surface area contributed by atoms with Crippen LogP contribution >= 0.6 is 0 Å². The Morgan fingerprint density at radius 3 is 2.19 bits per heavy atom. The third kappa shape index (κ3) is 5.14. The summed E-state index contributed by atoms with van der Waals surface area (Å²) >= 11 is 0. The monoisotopic (exact) mass is 371 g/mol. The number of carbonyl (C=O) groups is 1. The molecule has 0 saturated heterocycles. The summed E-state index contributed by atoms with van der Waals surface area (Å²) in [7, 11) is 11.2. The number of nitrogens with one attached hydrogen (secondary N) is 1. The zero-order valence-electron chi connectivity index (χ0n) is 16.9. The molecule has 0 aromatic heterocycles. The summed E-state index contributed by atoms with van der Waals surface area (Å²) in [4.78, 5) is 16.8. The van der Waals surface area contributed by atoms with Crippen LogP contribution in [0.25, 0.3) is 0 Å². The van der Waals surface area contributed by atoms with Crippen LogP contribution < -0.4 is 19.7 Å².